The highest BCUT2D eigenvalue weighted by Gasteiger charge is 2.14. The highest BCUT2D eigenvalue weighted by atomic mass is 16.5. The Hall–Kier alpha value is -4.15. The van der Waals surface area contributed by atoms with Crippen molar-refractivity contribution >= 4 is 5.97 Å². The molecule has 0 spiro atoms. The second-order valence-corrected chi connectivity index (χ2v) is 5.56. The van der Waals surface area contributed by atoms with Gasteiger partial charge in [-0.1, -0.05) is 29.9 Å². The summed E-state index contributed by atoms with van der Waals surface area (Å²) >= 11 is 0. The molecule has 2 N–H and O–H groups in total. The van der Waals surface area contributed by atoms with Gasteiger partial charge in [-0.3, -0.25) is 0 Å². The van der Waals surface area contributed by atoms with Crippen LogP contribution in [0, 0.1) is 24.2 Å². The molecule has 0 heterocycles. The molecule has 0 aromatic heterocycles. The van der Waals surface area contributed by atoms with Gasteiger partial charge in [-0.2, -0.15) is 0 Å². The van der Waals surface area contributed by atoms with Crippen LogP contribution in [-0.2, 0) is 0 Å². The van der Waals surface area contributed by atoms with Gasteiger partial charge in [-0.25, -0.2) is 4.79 Å². The Balaban J connectivity index is 1.75. The third-order valence-electron chi connectivity index (χ3n) is 3.69. The van der Waals surface area contributed by atoms with Gasteiger partial charge in [0.05, 0.1) is 0 Å². The zero-order valence-electron chi connectivity index (χ0n) is 14.1. The van der Waals surface area contributed by atoms with Crippen molar-refractivity contribution in [1.29, 1.82) is 0 Å². The van der Waals surface area contributed by atoms with Crippen molar-refractivity contribution in [2.75, 3.05) is 0 Å². The van der Waals surface area contributed by atoms with E-state index >= 15 is 0 Å². The van der Waals surface area contributed by atoms with Crippen molar-refractivity contribution in [1.82, 2.24) is 0 Å². The van der Waals surface area contributed by atoms with Crippen molar-refractivity contribution in [2.45, 2.75) is 0 Å². The molecule has 0 saturated carbocycles. The van der Waals surface area contributed by atoms with Crippen LogP contribution in [0.25, 0.3) is 0 Å². The first-order valence-corrected chi connectivity index (χ1v) is 7.99. The number of hydrogen-bond donors (Lipinski definition) is 2. The molecule has 0 saturated heterocycles. The Morgan fingerprint density at radius 3 is 2.30 bits per heavy atom. The number of benzene rings is 3. The molecule has 0 fully saturated rings. The first-order chi connectivity index (χ1) is 13.1. The SMILES string of the molecule is C#Cc1ccccc1C#Cc1ccc(OC(=O)c2cc(O)ccc2O)cc1. The highest BCUT2D eigenvalue weighted by molar-refractivity contribution is 5.94. The van der Waals surface area contributed by atoms with Gasteiger partial charge in [-0.05, 0) is 54.6 Å². The molecule has 27 heavy (non-hydrogen) atoms. The molecule has 4 heteroatoms. The molecule has 0 amide bonds. The van der Waals surface area contributed by atoms with E-state index in [-0.39, 0.29) is 22.8 Å². The van der Waals surface area contributed by atoms with Gasteiger partial charge in [0.2, 0.25) is 0 Å². The summed E-state index contributed by atoms with van der Waals surface area (Å²) in [6.45, 7) is 0. The summed E-state index contributed by atoms with van der Waals surface area (Å²) in [6.07, 6.45) is 5.45. The van der Waals surface area contributed by atoms with E-state index in [0.29, 0.717) is 0 Å². The summed E-state index contributed by atoms with van der Waals surface area (Å²) < 4.78 is 5.21. The normalized spacial score (nSPS) is 9.59. The maximum absolute atomic E-state index is 12.1. The number of phenols is 2. The lowest BCUT2D eigenvalue weighted by atomic mass is 10.1. The first-order valence-electron chi connectivity index (χ1n) is 7.99. The molecule has 3 rings (SSSR count). The molecular weight excluding hydrogens is 340 g/mol. The fourth-order valence-corrected chi connectivity index (χ4v) is 2.31. The van der Waals surface area contributed by atoms with Crippen LogP contribution in [0.2, 0.25) is 0 Å². The van der Waals surface area contributed by atoms with Crippen molar-refractivity contribution in [3.63, 3.8) is 0 Å². The summed E-state index contributed by atoms with van der Waals surface area (Å²) in [5.41, 5.74) is 2.09. The number of aromatic hydroxyl groups is 2. The maximum Gasteiger partial charge on any atom is 0.347 e. The van der Waals surface area contributed by atoms with E-state index in [1.807, 2.05) is 24.3 Å². The number of phenolic OH excluding ortho intramolecular Hbond substituents is 2. The van der Waals surface area contributed by atoms with E-state index in [2.05, 4.69) is 17.8 Å². The topological polar surface area (TPSA) is 66.8 Å². The van der Waals surface area contributed by atoms with Gasteiger partial charge < -0.3 is 14.9 Å². The lowest BCUT2D eigenvalue weighted by Crippen LogP contribution is -2.08. The number of hydrogen-bond acceptors (Lipinski definition) is 4. The Kier molecular flexibility index (Phi) is 5.12. The lowest BCUT2D eigenvalue weighted by Gasteiger charge is -2.06. The molecule has 3 aromatic rings. The molecule has 0 radical (unpaired) electrons. The summed E-state index contributed by atoms with van der Waals surface area (Å²) in [5, 5.41) is 19.1. The Morgan fingerprint density at radius 2 is 1.59 bits per heavy atom. The van der Waals surface area contributed by atoms with Gasteiger partial charge in [0.25, 0.3) is 0 Å². The van der Waals surface area contributed by atoms with Crippen molar-refractivity contribution in [3.8, 4) is 41.4 Å². The Labute approximate surface area is 156 Å². The number of carbonyl (C=O) groups excluding carboxylic acids is 1. The summed E-state index contributed by atoms with van der Waals surface area (Å²) in [4.78, 5) is 12.1. The molecule has 0 unspecified atom stereocenters. The van der Waals surface area contributed by atoms with Crippen molar-refractivity contribution in [2.24, 2.45) is 0 Å². The van der Waals surface area contributed by atoms with Crippen LogP contribution in [0.3, 0.4) is 0 Å². The molecule has 0 bridgehead atoms. The van der Waals surface area contributed by atoms with Crippen LogP contribution in [-0.4, -0.2) is 16.2 Å². The first kappa shape index (κ1) is 17.7. The predicted octanol–water partition coefficient (Wildman–Crippen LogP) is 3.70. The smallest absolute Gasteiger partial charge is 0.347 e. The maximum atomic E-state index is 12.1. The third-order valence-corrected chi connectivity index (χ3v) is 3.69. The van der Waals surface area contributed by atoms with E-state index in [0.717, 1.165) is 22.8 Å². The van der Waals surface area contributed by atoms with Crippen LogP contribution in [0.4, 0.5) is 0 Å². The minimum absolute atomic E-state index is 0.121. The van der Waals surface area contributed by atoms with Crippen molar-refractivity contribution < 1.29 is 19.7 Å². The molecular formula is C23H14O4. The van der Waals surface area contributed by atoms with Crippen LogP contribution < -0.4 is 4.74 Å². The monoisotopic (exact) mass is 354 g/mol. The second kappa shape index (κ2) is 7.82. The van der Waals surface area contributed by atoms with E-state index in [1.54, 1.807) is 24.3 Å². The molecule has 0 aliphatic carbocycles. The fraction of sp³-hybridized carbons (Fsp3) is 0. The predicted molar refractivity (Wildman–Crippen MR) is 102 cm³/mol. The zero-order chi connectivity index (χ0) is 19.2. The number of carbonyl (C=O) groups is 1. The largest absolute Gasteiger partial charge is 0.508 e. The molecule has 0 aliphatic rings. The number of terminal acetylenes is 1. The average Bonchev–Trinajstić information content (AvgIpc) is 2.69. The fourth-order valence-electron chi connectivity index (χ4n) is 2.31. The number of rotatable bonds is 2. The molecule has 0 atom stereocenters. The second-order valence-electron chi connectivity index (χ2n) is 5.56. The van der Waals surface area contributed by atoms with Crippen LogP contribution in [0.1, 0.15) is 27.0 Å². The van der Waals surface area contributed by atoms with Crippen LogP contribution >= 0.6 is 0 Å². The third kappa shape index (κ3) is 4.28. The van der Waals surface area contributed by atoms with Gasteiger partial charge in [-0.15, -0.1) is 6.42 Å². The van der Waals surface area contributed by atoms with Gasteiger partial charge in [0.1, 0.15) is 22.8 Å². The number of ether oxygens (including phenoxy) is 1. The highest BCUT2D eigenvalue weighted by Crippen LogP contribution is 2.24. The molecule has 4 nitrogen and oxygen atoms in total. The van der Waals surface area contributed by atoms with Gasteiger partial charge in [0.15, 0.2) is 0 Å². The van der Waals surface area contributed by atoms with Gasteiger partial charge in [0, 0.05) is 16.7 Å². The van der Waals surface area contributed by atoms with E-state index in [1.165, 1.54) is 12.1 Å². The van der Waals surface area contributed by atoms with Crippen LogP contribution in [0.5, 0.6) is 17.2 Å². The van der Waals surface area contributed by atoms with Crippen molar-refractivity contribution in [3.05, 3.63) is 89.0 Å². The quantitative estimate of drug-likeness (QED) is 0.319. The zero-order valence-corrected chi connectivity index (χ0v) is 14.1. The minimum atomic E-state index is -0.773. The molecule has 0 aliphatic heterocycles. The summed E-state index contributed by atoms with van der Waals surface area (Å²) in [6, 6.07) is 17.6. The van der Waals surface area contributed by atoms with Crippen LogP contribution in [0.15, 0.2) is 66.7 Å². The summed E-state index contributed by atoms with van der Waals surface area (Å²) in [5.74, 6) is 7.72. The molecule has 130 valence electrons. The van der Waals surface area contributed by atoms with Gasteiger partial charge >= 0.3 is 5.97 Å². The lowest BCUT2D eigenvalue weighted by molar-refractivity contribution is 0.0731. The van der Waals surface area contributed by atoms with E-state index < -0.39 is 5.97 Å². The Morgan fingerprint density at radius 1 is 0.889 bits per heavy atom. The average molecular weight is 354 g/mol. The standard InChI is InChI=1S/C23H14O4/c1-2-17-5-3-4-6-18(17)10-7-16-8-12-20(13-9-16)27-23(26)21-15-19(24)11-14-22(21)25/h1,3-6,8-9,11-15,24-25H. The number of esters is 1. The van der Waals surface area contributed by atoms with E-state index in [9.17, 15) is 15.0 Å². The molecule has 3 aromatic carbocycles. The Bertz CT molecular complexity index is 1090. The van der Waals surface area contributed by atoms with E-state index in [4.69, 9.17) is 11.2 Å². The summed E-state index contributed by atoms with van der Waals surface area (Å²) in [7, 11) is 0. The minimum Gasteiger partial charge on any atom is -0.508 e.